The Balaban J connectivity index is 1.87. The summed E-state index contributed by atoms with van der Waals surface area (Å²) < 4.78 is 10.7. The first-order valence-electron chi connectivity index (χ1n) is 14.2. The Hall–Kier alpha value is -0.770. The van der Waals surface area contributed by atoms with Crippen molar-refractivity contribution in [3.8, 4) is 0 Å². The largest absolute Gasteiger partial charge is 0.394 e. The molecular weight excluding hydrogens is 450 g/mol. The topological polar surface area (TPSA) is 128 Å². The molecule has 0 saturated carbocycles. The van der Waals surface area contributed by atoms with Gasteiger partial charge < -0.3 is 35.2 Å². The zero-order valence-corrected chi connectivity index (χ0v) is 22.0. The number of ether oxygens (including phenoxy) is 2. The SMILES string of the molecule is CCCCCCCCCCCCCCCCCC(=O)NCCCOC1OC(CO)C(O)C(O)C1O. The number of aliphatic hydroxyl groups excluding tert-OH is 4. The summed E-state index contributed by atoms with van der Waals surface area (Å²) in [7, 11) is 0. The van der Waals surface area contributed by atoms with Gasteiger partial charge in [-0.15, -0.1) is 0 Å². The fraction of sp³-hybridized carbons (Fsp3) is 0.963. The van der Waals surface area contributed by atoms with Gasteiger partial charge in [-0.05, 0) is 12.8 Å². The number of hydrogen-bond donors (Lipinski definition) is 5. The second-order valence-corrected chi connectivity index (χ2v) is 9.97. The molecule has 208 valence electrons. The van der Waals surface area contributed by atoms with Crippen LogP contribution in [0.3, 0.4) is 0 Å². The van der Waals surface area contributed by atoms with Crippen LogP contribution in [-0.4, -0.2) is 76.8 Å². The summed E-state index contributed by atoms with van der Waals surface area (Å²) in [6.45, 7) is 2.44. The smallest absolute Gasteiger partial charge is 0.219 e. The van der Waals surface area contributed by atoms with Crippen LogP contribution in [0.15, 0.2) is 0 Å². The minimum atomic E-state index is -1.44. The molecule has 1 fully saturated rings. The van der Waals surface area contributed by atoms with Crippen LogP contribution in [0.1, 0.15) is 116 Å². The van der Waals surface area contributed by atoms with Gasteiger partial charge in [-0.2, -0.15) is 0 Å². The zero-order valence-electron chi connectivity index (χ0n) is 22.0. The first-order chi connectivity index (χ1) is 17.0. The van der Waals surface area contributed by atoms with E-state index in [4.69, 9.17) is 9.47 Å². The molecule has 5 N–H and O–H groups in total. The number of carbonyl (C=O) groups is 1. The number of unbranched alkanes of at least 4 members (excludes halogenated alkanes) is 14. The van der Waals surface area contributed by atoms with Crippen molar-refractivity contribution in [2.75, 3.05) is 19.8 Å². The van der Waals surface area contributed by atoms with Crippen molar-refractivity contribution in [3.63, 3.8) is 0 Å². The number of aliphatic hydroxyl groups is 4. The van der Waals surface area contributed by atoms with E-state index in [9.17, 15) is 25.2 Å². The predicted molar refractivity (Wildman–Crippen MR) is 137 cm³/mol. The Morgan fingerprint density at radius 2 is 1.26 bits per heavy atom. The van der Waals surface area contributed by atoms with Crippen LogP contribution < -0.4 is 5.32 Å². The van der Waals surface area contributed by atoms with Crippen molar-refractivity contribution in [1.29, 1.82) is 0 Å². The van der Waals surface area contributed by atoms with Gasteiger partial charge in [0, 0.05) is 13.0 Å². The van der Waals surface area contributed by atoms with Gasteiger partial charge in [-0.25, -0.2) is 0 Å². The average molecular weight is 504 g/mol. The maximum atomic E-state index is 11.9. The molecule has 1 aliphatic rings. The van der Waals surface area contributed by atoms with Crippen molar-refractivity contribution in [3.05, 3.63) is 0 Å². The Bertz CT molecular complexity index is 506. The van der Waals surface area contributed by atoms with Gasteiger partial charge in [0.1, 0.15) is 24.4 Å². The molecule has 1 saturated heterocycles. The van der Waals surface area contributed by atoms with E-state index in [-0.39, 0.29) is 12.5 Å². The summed E-state index contributed by atoms with van der Waals surface area (Å²) in [5.74, 6) is 0.0348. The molecule has 0 spiro atoms. The van der Waals surface area contributed by atoms with E-state index >= 15 is 0 Å². The Morgan fingerprint density at radius 1 is 0.743 bits per heavy atom. The van der Waals surface area contributed by atoms with Gasteiger partial charge >= 0.3 is 0 Å². The highest BCUT2D eigenvalue weighted by Crippen LogP contribution is 2.22. The fourth-order valence-corrected chi connectivity index (χ4v) is 4.45. The lowest BCUT2D eigenvalue weighted by Gasteiger charge is -2.39. The molecule has 0 aromatic heterocycles. The van der Waals surface area contributed by atoms with E-state index < -0.39 is 37.3 Å². The maximum absolute atomic E-state index is 11.9. The highest BCUT2D eigenvalue weighted by molar-refractivity contribution is 5.75. The van der Waals surface area contributed by atoms with E-state index in [0.29, 0.717) is 19.4 Å². The first-order valence-corrected chi connectivity index (χ1v) is 14.2. The summed E-state index contributed by atoms with van der Waals surface area (Å²) in [6, 6.07) is 0. The van der Waals surface area contributed by atoms with Gasteiger partial charge in [-0.1, -0.05) is 96.8 Å². The highest BCUT2D eigenvalue weighted by atomic mass is 16.7. The lowest BCUT2D eigenvalue weighted by Crippen LogP contribution is -2.59. The quantitative estimate of drug-likeness (QED) is 0.143. The molecule has 5 atom stereocenters. The van der Waals surface area contributed by atoms with Crippen LogP contribution in [0.25, 0.3) is 0 Å². The molecule has 0 aromatic rings. The molecule has 0 aliphatic carbocycles. The predicted octanol–water partition coefficient (Wildman–Crippen LogP) is 3.57. The van der Waals surface area contributed by atoms with Crippen LogP contribution >= 0.6 is 0 Å². The van der Waals surface area contributed by atoms with Crippen LogP contribution in [-0.2, 0) is 14.3 Å². The standard InChI is InChI=1S/C27H53NO7/c1-2-3-4-5-6-7-8-9-10-11-12-13-14-15-16-18-23(30)28-19-17-20-34-27-26(33)25(32)24(31)22(21-29)35-27/h22,24-27,29,31-33H,2-21H2,1H3,(H,28,30). The van der Waals surface area contributed by atoms with Gasteiger partial charge in [0.05, 0.1) is 13.2 Å². The molecule has 5 unspecified atom stereocenters. The minimum absolute atomic E-state index is 0.0348. The van der Waals surface area contributed by atoms with Crippen molar-refractivity contribution in [2.45, 2.75) is 147 Å². The molecule has 8 nitrogen and oxygen atoms in total. The van der Waals surface area contributed by atoms with Crippen molar-refractivity contribution in [2.24, 2.45) is 0 Å². The molecule has 8 heteroatoms. The summed E-state index contributed by atoms with van der Waals surface area (Å²) >= 11 is 0. The van der Waals surface area contributed by atoms with Gasteiger partial charge in [0.2, 0.25) is 5.91 Å². The summed E-state index contributed by atoms with van der Waals surface area (Å²) in [6.07, 6.45) is 14.3. The molecule has 1 heterocycles. The molecular formula is C27H53NO7. The number of rotatable bonds is 22. The van der Waals surface area contributed by atoms with E-state index in [1.165, 1.54) is 83.5 Å². The average Bonchev–Trinajstić information content (AvgIpc) is 2.86. The third-order valence-electron chi connectivity index (χ3n) is 6.78. The van der Waals surface area contributed by atoms with E-state index in [1.54, 1.807) is 0 Å². The highest BCUT2D eigenvalue weighted by Gasteiger charge is 2.43. The maximum Gasteiger partial charge on any atom is 0.219 e. The second kappa shape index (κ2) is 21.3. The van der Waals surface area contributed by atoms with Crippen molar-refractivity contribution < 1.29 is 34.7 Å². The Kier molecular flexibility index (Phi) is 19.7. The summed E-state index contributed by atoms with van der Waals surface area (Å²) in [5.41, 5.74) is 0. The number of amides is 1. The molecule has 1 amide bonds. The Labute approximate surface area is 212 Å². The normalized spacial score (nSPS) is 24.5. The van der Waals surface area contributed by atoms with Crippen LogP contribution in [0.4, 0.5) is 0 Å². The van der Waals surface area contributed by atoms with Crippen LogP contribution in [0, 0.1) is 0 Å². The zero-order chi connectivity index (χ0) is 25.7. The van der Waals surface area contributed by atoms with Crippen LogP contribution in [0.5, 0.6) is 0 Å². The molecule has 0 radical (unpaired) electrons. The van der Waals surface area contributed by atoms with Crippen molar-refractivity contribution >= 4 is 5.91 Å². The van der Waals surface area contributed by atoms with Gasteiger partial charge in [0.15, 0.2) is 6.29 Å². The molecule has 0 aromatic carbocycles. The number of nitrogens with one attached hydrogen (secondary N) is 1. The minimum Gasteiger partial charge on any atom is -0.394 e. The van der Waals surface area contributed by atoms with E-state index in [2.05, 4.69) is 12.2 Å². The monoisotopic (exact) mass is 503 g/mol. The summed E-state index contributed by atoms with van der Waals surface area (Å²) in [5, 5.41) is 41.5. The summed E-state index contributed by atoms with van der Waals surface area (Å²) in [4.78, 5) is 11.9. The fourth-order valence-electron chi connectivity index (χ4n) is 4.45. The van der Waals surface area contributed by atoms with Crippen LogP contribution in [0.2, 0.25) is 0 Å². The van der Waals surface area contributed by atoms with E-state index in [1.807, 2.05) is 0 Å². The van der Waals surface area contributed by atoms with E-state index in [0.717, 1.165) is 12.8 Å². The third-order valence-corrected chi connectivity index (χ3v) is 6.78. The lowest BCUT2D eigenvalue weighted by atomic mass is 9.99. The number of carbonyl (C=O) groups excluding carboxylic acids is 1. The molecule has 35 heavy (non-hydrogen) atoms. The first kappa shape index (κ1) is 32.3. The molecule has 1 rings (SSSR count). The second-order valence-electron chi connectivity index (χ2n) is 9.97. The molecule has 0 bridgehead atoms. The van der Waals surface area contributed by atoms with Crippen molar-refractivity contribution in [1.82, 2.24) is 5.32 Å². The number of hydrogen-bond acceptors (Lipinski definition) is 7. The van der Waals surface area contributed by atoms with Gasteiger partial charge in [0.25, 0.3) is 0 Å². The lowest BCUT2D eigenvalue weighted by molar-refractivity contribution is -0.301. The Morgan fingerprint density at radius 3 is 1.77 bits per heavy atom. The molecule has 1 aliphatic heterocycles. The van der Waals surface area contributed by atoms with Gasteiger partial charge in [-0.3, -0.25) is 4.79 Å². The third kappa shape index (κ3) is 15.2.